The van der Waals surface area contributed by atoms with E-state index < -0.39 is 28.5 Å². The highest BCUT2D eigenvalue weighted by Crippen LogP contribution is 2.26. The van der Waals surface area contributed by atoms with Gasteiger partial charge in [-0.05, 0) is 68.3 Å². The topological polar surface area (TPSA) is 96.0 Å². The Labute approximate surface area is 218 Å². The molecule has 0 fully saturated rings. The molecule has 0 aromatic heterocycles. The van der Waals surface area contributed by atoms with Gasteiger partial charge < -0.3 is 15.0 Å². The lowest BCUT2D eigenvalue weighted by Crippen LogP contribution is -2.51. The molecule has 0 aliphatic carbocycles. The minimum atomic E-state index is -4.10. The minimum absolute atomic E-state index is 0.0563. The second-order valence-corrected chi connectivity index (χ2v) is 10.4. The zero-order chi connectivity index (χ0) is 27.0. The lowest BCUT2D eigenvalue weighted by Gasteiger charge is -2.32. The molecule has 3 rings (SSSR count). The number of benzene rings is 3. The fourth-order valence-corrected chi connectivity index (χ4v) is 5.31. The molecule has 1 N–H and O–H groups in total. The predicted molar refractivity (Wildman–Crippen MR) is 144 cm³/mol. The Morgan fingerprint density at radius 3 is 2.16 bits per heavy atom. The molecule has 0 heterocycles. The molecule has 0 unspecified atom stereocenters. The van der Waals surface area contributed by atoms with Crippen LogP contribution in [-0.4, -0.2) is 51.4 Å². The molecular weight excluding hydrogens is 490 g/mol. The van der Waals surface area contributed by atoms with Gasteiger partial charge in [-0.1, -0.05) is 42.5 Å². The largest absolute Gasteiger partial charge is 0.497 e. The maximum absolute atomic E-state index is 13.8. The van der Waals surface area contributed by atoms with Gasteiger partial charge in [-0.25, -0.2) is 8.42 Å². The van der Waals surface area contributed by atoms with E-state index in [-0.39, 0.29) is 17.3 Å². The van der Waals surface area contributed by atoms with E-state index >= 15 is 0 Å². The molecule has 0 aliphatic rings. The summed E-state index contributed by atoms with van der Waals surface area (Å²) in [5, 5.41) is 2.76. The van der Waals surface area contributed by atoms with Crippen LogP contribution in [0.15, 0.2) is 83.8 Å². The lowest BCUT2D eigenvalue weighted by atomic mass is 10.1. The van der Waals surface area contributed by atoms with Crippen LogP contribution >= 0.6 is 0 Å². The number of anilines is 1. The van der Waals surface area contributed by atoms with Crippen LogP contribution in [0.4, 0.5) is 5.69 Å². The van der Waals surface area contributed by atoms with Gasteiger partial charge in [0.05, 0.1) is 17.7 Å². The van der Waals surface area contributed by atoms with E-state index in [4.69, 9.17) is 4.74 Å². The molecule has 0 radical (unpaired) electrons. The van der Waals surface area contributed by atoms with Crippen molar-refractivity contribution in [1.82, 2.24) is 10.2 Å². The summed E-state index contributed by atoms with van der Waals surface area (Å²) >= 11 is 0. The zero-order valence-corrected chi connectivity index (χ0v) is 22.4. The molecule has 1 atom stereocenters. The van der Waals surface area contributed by atoms with Crippen molar-refractivity contribution in [2.45, 2.75) is 38.3 Å². The van der Waals surface area contributed by atoms with Gasteiger partial charge in [0, 0.05) is 13.1 Å². The summed E-state index contributed by atoms with van der Waals surface area (Å²) in [6.45, 7) is 5.46. The molecule has 0 bridgehead atoms. The summed E-state index contributed by atoms with van der Waals surface area (Å²) in [4.78, 5) is 28.0. The first-order chi connectivity index (χ1) is 17.7. The fraction of sp³-hybridized carbons (Fsp3) is 0.286. The van der Waals surface area contributed by atoms with E-state index in [9.17, 15) is 18.0 Å². The summed E-state index contributed by atoms with van der Waals surface area (Å²) in [5.41, 5.74) is 2.14. The molecule has 3 aromatic rings. The van der Waals surface area contributed by atoms with Crippen LogP contribution in [0.3, 0.4) is 0 Å². The monoisotopic (exact) mass is 523 g/mol. The Morgan fingerprint density at radius 2 is 1.57 bits per heavy atom. The van der Waals surface area contributed by atoms with E-state index in [0.717, 1.165) is 15.4 Å². The van der Waals surface area contributed by atoms with Crippen molar-refractivity contribution in [2.24, 2.45) is 0 Å². The Bertz CT molecular complexity index is 1310. The smallest absolute Gasteiger partial charge is 0.264 e. The van der Waals surface area contributed by atoms with Crippen molar-refractivity contribution < 1.29 is 22.7 Å². The summed E-state index contributed by atoms with van der Waals surface area (Å²) in [5.74, 6) is -0.262. The average molecular weight is 524 g/mol. The van der Waals surface area contributed by atoms with Crippen molar-refractivity contribution in [1.29, 1.82) is 0 Å². The normalized spacial score (nSPS) is 11.9. The number of methoxy groups -OCH3 is 1. The number of hydrogen-bond donors (Lipinski definition) is 1. The maximum atomic E-state index is 13.8. The Kier molecular flexibility index (Phi) is 9.30. The number of ether oxygens (including phenoxy) is 1. The predicted octanol–water partition coefficient (Wildman–Crippen LogP) is 3.75. The first-order valence-corrected chi connectivity index (χ1v) is 13.5. The Balaban J connectivity index is 2.03. The number of nitrogens with one attached hydrogen (secondary N) is 1. The number of likely N-dealkylation sites (N-methyl/N-ethyl adjacent to an activating group) is 1. The van der Waals surface area contributed by atoms with Gasteiger partial charge >= 0.3 is 0 Å². The molecule has 0 saturated carbocycles. The average Bonchev–Trinajstić information content (AvgIpc) is 2.91. The third-order valence-corrected chi connectivity index (χ3v) is 7.88. The van der Waals surface area contributed by atoms with Gasteiger partial charge in [0.15, 0.2) is 0 Å². The van der Waals surface area contributed by atoms with Crippen molar-refractivity contribution in [2.75, 3.05) is 24.5 Å². The number of aryl methyl sites for hydroxylation is 1. The van der Waals surface area contributed by atoms with E-state index in [0.29, 0.717) is 18.0 Å². The highest BCUT2D eigenvalue weighted by Gasteiger charge is 2.32. The van der Waals surface area contributed by atoms with E-state index in [2.05, 4.69) is 5.32 Å². The number of rotatable bonds is 11. The number of carbonyl (C=O) groups is 2. The molecule has 0 saturated heterocycles. The van der Waals surface area contributed by atoms with Gasteiger partial charge in [-0.3, -0.25) is 13.9 Å². The first-order valence-electron chi connectivity index (χ1n) is 12.0. The van der Waals surface area contributed by atoms with Crippen LogP contribution in [0.25, 0.3) is 0 Å². The highest BCUT2D eigenvalue weighted by atomic mass is 32.2. The second kappa shape index (κ2) is 12.4. The molecule has 196 valence electrons. The SMILES string of the molecule is CCNC(=O)[C@H](C)N(Cc1ccccc1C)C(=O)CN(c1ccc(OC)cc1)S(=O)(=O)c1ccccc1. The van der Waals surface area contributed by atoms with Crippen molar-refractivity contribution in [3.8, 4) is 5.75 Å². The Morgan fingerprint density at radius 1 is 0.946 bits per heavy atom. The molecule has 0 aliphatic heterocycles. The standard InChI is InChI=1S/C28H33N3O5S/c1-5-29-28(33)22(3)30(19-23-12-10-9-11-21(23)2)27(32)20-31(24-15-17-25(36-4)18-16-24)37(34,35)26-13-7-6-8-14-26/h6-18,22H,5,19-20H2,1-4H3,(H,29,33)/t22-/m0/s1. The van der Waals surface area contributed by atoms with E-state index in [1.54, 1.807) is 56.3 Å². The zero-order valence-electron chi connectivity index (χ0n) is 21.5. The van der Waals surface area contributed by atoms with E-state index in [1.165, 1.54) is 24.1 Å². The van der Waals surface area contributed by atoms with Gasteiger partial charge in [0.1, 0.15) is 18.3 Å². The van der Waals surface area contributed by atoms with Crippen LogP contribution < -0.4 is 14.4 Å². The van der Waals surface area contributed by atoms with Gasteiger partial charge in [0.2, 0.25) is 11.8 Å². The van der Waals surface area contributed by atoms with Crippen LogP contribution in [0, 0.1) is 6.92 Å². The van der Waals surface area contributed by atoms with Gasteiger partial charge in [-0.2, -0.15) is 0 Å². The number of hydrogen-bond acceptors (Lipinski definition) is 5. The molecule has 3 aromatic carbocycles. The number of sulfonamides is 1. The molecule has 9 heteroatoms. The first kappa shape index (κ1) is 27.7. The molecule has 0 spiro atoms. The third-order valence-electron chi connectivity index (χ3n) is 6.09. The second-order valence-electron chi connectivity index (χ2n) is 8.54. The van der Waals surface area contributed by atoms with Crippen molar-refractivity contribution in [3.63, 3.8) is 0 Å². The maximum Gasteiger partial charge on any atom is 0.264 e. The van der Waals surface area contributed by atoms with Crippen molar-refractivity contribution >= 4 is 27.5 Å². The van der Waals surface area contributed by atoms with Crippen LogP contribution in [0.5, 0.6) is 5.75 Å². The summed E-state index contributed by atoms with van der Waals surface area (Å²) in [6.07, 6.45) is 0. The molecule has 2 amide bonds. The summed E-state index contributed by atoms with van der Waals surface area (Å²) in [7, 11) is -2.58. The van der Waals surface area contributed by atoms with Gasteiger partial charge in [-0.15, -0.1) is 0 Å². The number of nitrogens with zero attached hydrogens (tertiary/aromatic N) is 2. The lowest BCUT2D eigenvalue weighted by molar-refractivity contribution is -0.139. The fourth-order valence-electron chi connectivity index (χ4n) is 3.87. The molecule has 37 heavy (non-hydrogen) atoms. The van der Waals surface area contributed by atoms with Crippen LogP contribution in [-0.2, 0) is 26.2 Å². The molecule has 8 nitrogen and oxygen atoms in total. The Hall–Kier alpha value is -3.85. The third kappa shape index (κ3) is 6.68. The number of amides is 2. The van der Waals surface area contributed by atoms with Crippen LogP contribution in [0.1, 0.15) is 25.0 Å². The summed E-state index contributed by atoms with van der Waals surface area (Å²) in [6, 6.07) is 21.2. The van der Waals surface area contributed by atoms with Gasteiger partial charge in [0.25, 0.3) is 10.0 Å². The molecular formula is C28H33N3O5S. The minimum Gasteiger partial charge on any atom is -0.497 e. The van der Waals surface area contributed by atoms with Crippen molar-refractivity contribution in [3.05, 3.63) is 90.0 Å². The highest BCUT2D eigenvalue weighted by molar-refractivity contribution is 7.92. The van der Waals surface area contributed by atoms with Crippen LogP contribution in [0.2, 0.25) is 0 Å². The van der Waals surface area contributed by atoms with E-state index in [1.807, 2.05) is 31.2 Å². The number of carbonyl (C=O) groups excluding carboxylic acids is 2. The summed E-state index contributed by atoms with van der Waals surface area (Å²) < 4.78 is 33.7. The quantitative estimate of drug-likeness (QED) is 0.413.